The maximum absolute atomic E-state index is 12.4. The number of rotatable bonds is 4. The van der Waals surface area contributed by atoms with Gasteiger partial charge in [-0.05, 0) is 86.5 Å². The van der Waals surface area contributed by atoms with E-state index in [4.69, 9.17) is 18.9 Å². The zero-order valence-electron chi connectivity index (χ0n) is 23.6. The predicted molar refractivity (Wildman–Crippen MR) is 139 cm³/mol. The van der Waals surface area contributed by atoms with E-state index in [9.17, 15) is 25.2 Å². The fourth-order valence-corrected chi connectivity index (χ4v) is 10.1. The third-order valence-electron chi connectivity index (χ3n) is 12.4. The van der Waals surface area contributed by atoms with Gasteiger partial charge in [0, 0.05) is 25.0 Å². The first-order valence-electron chi connectivity index (χ1n) is 14.9. The average molecular weight is 551 g/mol. The summed E-state index contributed by atoms with van der Waals surface area (Å²) in [5.74, 6) is 0.393. The largest absolute Gasteiger partial charge is 0.458 e. The van der Waals surface area contributed by atoms with E-state index in [0.717, 1.165) is 44.1 Å². The summed E-state index contributed by atoms with van der Waals surface area (Å²) in [7, 11) is 1.45. The number of hydrogen-bond acceptors (Lipinski definition) is 9. The summed E-state index contributed by atoms with van der Waals surface area (Å²) >= 11 is 0. The van der Waals surface area contributed by atoms with Crippen molar-refractivity contribution in [2.24, 2.45) is 34.5 Å². The normalized spacial score (nSPS) is 55.3. The molecule has 0 amide bonds. The van der Waals surface area contributed by atoms with E-state index in [0.29, 0.717) is 19.4 Å². The second-order valence-electron chi connectivity index (χ2n) is 13.8. The molecule has 5 fully saturated rings. The first-order chi connectivity index (χ1) is 18.4. The second-order valence-corrected chi connectivity index (χ2v) is 13.8. The quantitative estimate of drug-likeness (QED) is 0.307. The molecular formula is C30H46O9. The van der Waals surface area contributed by atoms with E-state index < -0.39 is 42.4 Å². The zero-order chi connectivity index (χ0) is 27.9. The Morgan fingerprint density at radius 2 is 1.77 bits per heavy atom. The zero-order valence-corrected chi connectivity index (χ0v) is 23.6. The summed E-state index contributed by atoms with van der Waals surface area (Å²) in [5.41, 5.74) is -0.455. The molecule has 4 N–H and O–H groups in total. The molecule has 4 saturated carbocycles. The molecule has 2 heterocycles. The number of fused-ring (bicyclic) bond motifs is 5. The number of aliphatic hydroxyl groups excluding tert-OH is 3. The van der Waals surface area contributed by atoms with Gasteiger partial charge in [-0.1, -0.05) is 13.8 Å². The predicted octanol–water partition coefficient (Wildman–Crippen LogP) is 2.08. The lowest BCUT2D eigenvalue weighted by Gasteiger charge is -2.64. The van der Waals surface area contributed by atoms with Crippen LogP contribution in [0.3, 0.4) is 0 Å². The minimum absolute atomic E-state index is 0.0986. The highest BCUT2D eigenvalue weighted by Gasteiger charge is 2.69. The molecule has 0 bridgehead atoms. The summed E-state index contributed by atoms with van der Waals surface area (Å²) in [4.78, 5) is 11.8. The first kappa shape index (κ1) is 28.1. The molecule has 0 unspecified atom stereocenters. The van der Waals surface area contributed by atoms with Crippen molar-refractivity contribution in [2.45, 2.75) is 121 Å². The Bertz CT molecular complexity index is 1000. The molecule has 6 rings (SSSR count). The third kappa shape index (κ3) is 4.02. The molecule has 2 aliphatic heterocycles. The summed E-state index contributed by atoms with van der Waals surface area (Å²) in [5, 5.41) is 45.2. The lowest BCUT2D eigenvalue weighted by Crippen LogP contribution is -2.65. The molecule has 6 aliphatic rings. The highest BCUT2D eigenvalue weighted by atomic mass is 16.7. The Labute approximate surface area is 230 Å². The number of hydrogen-bond donors (Lipinski definition) is 4. The molecular weight excluding hydrogens is 504 g/mol. The van der Waals surface area contributed by atoms with Gasteiger partial charge in [0.1, 0.15) is 24.9 Å². The van der Waals surface area contributed by atoms with Crippen molar-refractivity contribution in [2.75, 3.05) is 13.7 Å². The van der Waals surface area contributed by atoms with Crippen LogP contribution < -0.4 is 0 Å². The first-order valence-corrected chi connectivity index (χ1v) is 14.9. The number of carbonyl (C=O) groups excluding carboxylic acids is 1. The van der Waals surface area contributed by atoms with Crippen LogP contribution in [-0.4, -0.2) is 88.6 Å². The maximum atomic E-state index is 12.4. The number of carbonyl (C=O) groups is 1. The van der Waals surface area contributed by atoms with Crippen LogP contribution in [0.1, 0.15) is 72.1 Å². The number of esters is 1. The van der Waals surface area contributed by atoms with E-state index >= 15 is 0 Å². The van der Waals surface area contributed by atoms with Crippen LogP contribution in [0.5, 0.6) is 0 Å². The number of ether oxygens (including phenoxy) is 4. The van der Waals surface area contributed by atoms with Crippen LogP contribution in [0.25, 0.3) is 0 Å². The standard InChI is InChI=1S/C30H46O9/c1-15-24(33)26(36-4)25(34)27(38-15)39-18-12-17-5-6-21-20(29(17,3)22(31)13-18)7-9-28(2)19(8-10-30(21,28)35)16-11-23(32)37-14-16/h11,15,17-22,24-27,31,33-35H,5-10,12-14H2,1-4H3/t15-,17+,18+,19+,20-,21+,22+,24+,25+,26+,27-,28+,29-,30-/m0/s1. The van der Waals surface area contributed by atoms with Crippen LogP contribution in [0.2, 0.25) is 0 Å². The summed E-state index contributed by atoms with van der Waals surface area (Å²) in [6, 6.07) is 0. The van der Waals surface area contributed by atoms with Crippen LogP contribution in [0.4, 0.5) is 0 Å². The average Bonchev–Trinajstić information content (AvgIpc) is 3.43. The minimum Gasteiger partial charge on any atom is -0.458 e. The highest BCUT2D eigenvalue weighted by Crippen LogP contribution is 2.70. The lowest BCUT2D eigenvalue weighted by molar-refractivity contribution is -0.317. The van der Waals surface area contributed by atoms with E-state index in [2.05, 4.69) is 13.8 Å². The van der Waals surface area contributed by atoms with Gasteiger partial charge in [0.15, 0.2) is 6.29 Å². The van der Waals surface area contributed by atoms with Crippen LogP contribution in [0, 0.1) is 34.5 Å². The molecule has 0 aromatic carbocycles. The van der Waals surface area contributed by atoms with Crippen LogP contribution >= 0.6 is 0 Å². The monoisotopic (exact) mass is 550 g/mol. The van der Waals surface area contributed by atoms with E-state index in [1.54, 1.807) is 13.0 Å². The van der Waals surface area contributed by atoms with Crippen LogP contribution in [0.15, 0.2) is 11.6 Å². The van der Waals surface area contributed by atoms with Gasteiger partial charge in [0.05, 0.1) is 23.9 Å². The SMILES string of the molecule is CO[C@H]1[C@@H](O)[C@H](O[C@@H]2C[C@H]3CC[C@@H]4[C@H](CC[C@]5(C)[C@@H](C6=CC(=O)OC6)CC[C@]45O)[C@@]3(C)[C@H](O)C2)O[C@@H](C)[C@H]1O. The molecule has 14 atom stereocenters. The Kier molecular flexibility index (Phi) is 7.02. The highest BCUT2D eigenvalue weighted by molar-refractivity contribution is 5.85. The molecule has 1 saturated heterocycles. The smallest absolute Gasteiger partial charge is 0.331 e. The van der Waals surface area contributed by atoms with Crippen molar-refractivity contribution >= 4 is 5.97 Å². The Morgan fingerprint density at radius 1 is 1.00 bits per heavy atom. The van der Waals surface area contributed by atoms with Gasteiger partial charge in [-0.15, -0.1) is 0 Å². The molecule has 0 aromatic rings. The summed E-state index contributed by atoms with van der Waals surface area (Å²) in [6.45, 7) is 6.49. The maximum Gasteiger partial charge on any atom is 0.331 e. The number of cyclic esters (lactones) is 1. The molecule has 0 aromatic heterocycles. The van der Waals surface area contributed by atoms with Crippen LogP contribution in [-0.2, 0) is 23.7 Å². The summed E-state index contributed by atoms with van der Waals surface area (Å²) in [6.07, 6.45) is 2.74. The Balaban J connectivity index is 1.19. The molecule has 0 spiro atoms. The number of aliphatic hydroxyl groups is 4. The minimum atomic E-state index is -1.13. The van der Waals surface area contributed by atoms with Crippen molar-refractivity contribution in [3.63, 3.8) is 0 Å². The van der Waals surface area contributed by atoms with Gasteiger partial charge >= 0.3 is 5.97 Å². The van der Waals surface area contributed by atoms with Crippen molar-refractivity contribution < 1.29 is 44.2 Å². The lowest BCUT2D eigenvalue weighted by atomic mass is 9.42. The molecule has 39 heavy (non-hydrogen) atoms. The van der Waals surface area contributed by atoms with Crippen molar-refractivity contribution in [3.05, 3.63) is 11.6 Å². The topological polar surface area (TPSA) is 135 Å². The molecule has 9 nitrogen and oxygen atoms in total. The van der Waals surface area contributed by atoms with Gasteiger partial charge in [-0.25, -0.2) is 4.79 Å². The van der Waals surface area contributed by atoms with Gasteiger partial charge in [-0.2, -0.15) is 0 Å². The Morgan fingerprint density at radius 3 is 2.46 bits per heavy atom. The fourth-order valence-electron chi connectivity index (χ4n) is 10.1. The van der Waals surface area contributed by atoms with Gasteiger partial charge in [0.2, 0.25) is 0 Å². The van der Waals surface area contributed by atoms with E-state index in [-0.39, 0.29) is 46.6 Å². The van der Waals surface area contributed by atoms with Crippen molar-refractivity contribution in [1.82, 2.24) is 0 Å². The fraction of sp³-hybridized carbons (Fsp3) is 0.900. The summed E-state index contributed by atoms with van der Waals surface area (Å²) < 4.78 is 22.6. The van der Waals surface area contributed by atoms with E-state index in [1.807, 2.05) is 0 Å². The molecule has 220 valence electrons. The van der Waals surface area contributed by atoms with E-state index in [1.165, 1.54) is 7.11 Å². The number of methoxy groups -OCH3 is 1. The van der Waals surface area contributed by atoms with Crippen molar-refractivity contribution in [3.8, 4) is 0 Å². The third-order valence-corrected chi connectivity index (χ3v) is 12.4. The molecule has 4 aliphatic carbocycles. The second kappa shape index (κ2) is 9.75. The van der Waals surface area contributed by atoms with Gasteiger partial charge in [-0.3, -0.25) is 0 Å². The molecule has 9 heteroatoms. The van der Waals surface area contributed by atoms with Gasteiger partial charge < -0.3 is 39.4 Å². The molecule has 0 radical (unpaired) electrons. The van der Waals surface area contributed by atoms with Crippen molar-refractivity contribution in [1.29, 1.82) is 0 Å². The van der Waals surface area contributed by atoms with Gasteiger partial charge in [0.25, 0.3) is 0 Å². The Hall–Kier alpha value is -1.07.